The Balaban J connectivity index is 1.30. The van der Waals surface area contributed by atoms with Gasteiger partial charge in [-0.25, -0.2) is 0 Å². The fourth-order valence-corrected chi connectivity index (χ4v) is 8.84. The number of cyclic esters (lactones) is 1. The Morgan fingerprint density at radius 2 is 1.54 bits per heavy atom. The number of anilines is 1. The van der Waals surface area contributed by atoms with E-state index in [2.05, 4.69) is 34.2 Å². The maximum absolute atomic E-state index is 15.0. The second kappa shape index (κ2) is 15.5. The van der Waals surface area contributed by atoms with Gasteiger partial charge in [0.25, 0.3) is 0 Å². The molecule has 5 aromatic rings. The second-order valence-corrected chi connectivity index (χ2v) is 14.5. The molecule has 56 heavy (non-hydrogen) atoms. The molecule has 2 fully saturated rings. The van der Waals surface area contributed by atoms with Crippen molar-refractivity contribution < 1.29 is 29.0 Å². The number of carbonyl (C=O) groups is 3. The first-order valence-corrected chi connectivity index (χ1v) is 18.7. The summed E-state index contributed by atoms with van der Waals surface area (Å²) in [5, 5.41) is 12.5. The van der Waals surface area contributed by atoms with E-state index in [1.54, 1.807) is 18.2 Å². The molecular formula is C46H42N4O6. The summed E-state index contributed by atoms with van der Waals surface area (Å²) < 4.78 is 12.1. The number of hydrogen-bond acceptors (Lipinski definition) is 8. The van der Waals surface area contributed by atoms with Crippen LogP contribution in [0.15, 0.2) is 133 Å². The molecule has 0 aromatic heterocycles. The zero-order chi connectivity index (χ0) is 38.8. The molecule has 2 saturated heterocycles. The van der Waals surface area contributed by atoms with Crippen molar-refractivity contribution >= 4 is 23.5 Å². The van der Waals surface area contributed by atoms with Crippen LogP contribution in [0.5, 0.6) is 5.75 Å². The molecule has 5 aromatic carbocycles. The van der Waals surface area contributed by atoms with E-state index in [4.69, 9.17) is 15.2 Å². The number of nitrogens with one attached hydrogen (secondary N) is 1. The summed E-state index contributed by atoms with van der Waals surface area (Å²) in [5.74, 6) is 3.87. The summed E-state index contributed by atoms with van der Waals surface area (Å²) >= 11 is 0. The summed E-state index contributed by atoms with van der Waals surface area (Å²) in [4.78, 5) is 47.8. The Morgan fingerprint density at radius 1 is 0.875 bits per heavy atom. The number of rotatable bonds is 10. The van der Waals surface area contributed by atoms with E-state index in [-0.39, 0.29) is 13.2 Å². The first kappa shape index (κ1) is 36.7. The Morgan fingerprint density at radius 3 is 2.20 bits per heavy atom. The fraction of sp³-hybridized carbons (Fsp3) is 0.239. The molecule has 0 bridgehead atoms. The van der Waals surface area contributed by atoms with Gasteiger partial charge in [0.05, 0.1) is 31.2 Å². The molecule has 6 atom stereocenters. The normalized spacial score (nSPS) is 23.8. The van der Waals surface area contributed by atoms with Gasteiger partial charge in [0.1, 0.15) is 29.9 Å². The van der Waals surface area contributed by atoms with Gasteiger partial charge in [0, 0.05) is 17.8 Å². The van der Waals surface area contributed by atoms with Gasteiger partial charge < -0.3 is 25.6 Å². The molecule has 0 radical (unpaired) electrons. The van der Waals surface area contributed by atoms with E-state index < -0.39 is 53.3 Å². The molecule has 0 saturated carbocycles. The molecule has 2 amide bonds. The van der Waals surface area contributed by atoms with Crippen molar-refractivity contribution in [3.63, 3.8) is 0 Å². The van der Waals surface area contributed by atoms with Crippen LogP contribution in [-0.4, -0.2) is 65.5 Å². The maximum atomic E-state index is 15.0. The highest BCUT2D eigenvalue weighted by Crippen LogP contribution is 2.64. The highest BCUT2D eigenvalue weighted by atomic mass is 16.6. The summed E-state index contributed by atoms with van der Waals surface area (Å²) in [5.41, 5.74) is 9.86. The number of aliphatic hydroxyl groups is 1. The van der Waals surface area contributed by atoms with E-state index in [1.165, 1.54) is 5.56 Å². The van der Waals surface area contributed by atoms with E-state index in [1.807, 2.05) is 115 Å². The lowest BCUT2D eigenvalue weighted by Crippen LogP contribution is -2.53. The van der Waals surface area contributed by atoms with Crippen LogP contribution in [0.25, 0.3) is 0 Å². The molecule has 3 aliphatic rings. The van der Waals surface area contributed by atoms with E-state index in [0.717, 1.165) is 17.7 Å². The second-order valence-electron chi connectivity index (χ2n) is 14.5. The largest absolute Gasteiger partial charge is 0.491 e. The number of nitrogens with two attached hydrogens (primary N) is 1. The molecule has 8 rings (SSSR count). The average molecular weight is 747 g/mol. The van der Waals surface area contributed by atoms with E-state index in [0.29, 0.717) is 34.7 Å². The Hall–Kier alpha value is -6.25. The number of fused-ring (bicyclic) bond motifs is 3. The Bertz CT molecular complexity index is 2290. The fourth-order valence-electron chi connectivity index (χ4n) is 8.84. The number of aliphatic hydroxyl groups excluding tert-OH is 1. The third-order valence-corrected chi connectivity index (χ3v) is 11.0. The molecule has 0 unspecified atom stereocenters. The lowest BCUT2D eigenvalue weighted by Gasteiger charge is -2.46. The van der Waals surface area contributed by atoms with Gasteiger partial charge in [0.15, 0.2) is 0 Å². The SMILES string of the molecule is CN(CC#Cc1ccc2c(c1)[C@]1(C(=O)N2)[C@H](c2ccc(OCCO)cc2)N2[C@H](c3ccccc3)[C@H](c3ccccc3)OC(=O)[C@H]2[C@@H]1C(N)=O)Cc1ccccc1. The number of ether oxygens (including phenoxy) is 2. The molecule has 0 aliphatic carbocycles. The van der Waals surface area contributed by atoms with Gasteiger partial charge in [-0.15, -0.1) is 0 Å². The molecule has 10 heteroatoms. The number of primary amides is 1. The number of esters is 1. The van der Waals surface area contributed by atoms with Gasteiger partial charge in [-0.3, -0.25) is 24.2 Å². The average Bonchev–Trinajstić information content (AvgIpc) is 3.70. The van der Waals surface area contributed by atoms with Crippen LogP contribution in [0.2, 0.25) is 0 Å². The predicted octanol–water partition coefficient (Wildman–Crippen LogP) is 5.30. The first-order chi connectivity index (χ1) is 27.3. The lowest BCUT2D eigenvalue weighted by molar-refractivity contribution is -0.178. The molecule has 10 nitrogen and oxygen atoms in total. The molecule has 4 N–H and O–H groups in total. The number of benzene rings is 5. The van der Waals surface area contributed by atoms with Crippen LogP contribution in [-0.2, 0) is 31.1 Å². The van der Waals surface area contributed by atoms with Crippen LogP contribution in [0, 0.1) is 17.8 Å². The van der Waals surface area contributed by atoms with E-state index >= 15 is 4.79 Å². The van der Waals surface area contributed by atoms with Crippen LogP contribution < -0.4 is 15.8 Å². The van der Waals surface area contributed by atoms with Crippen molar-refractivity contribution in [2.45, 2.75) is 36.2 Å². The monoisotopic (exact) mass is 746 g/mol. The molecule has 3 heterocycles. The van der Waals surface area contributed by atoms with Gasteiger partial charge in [0.2, 0.25) is 11.8 Å². The van der Waals surface area contributed by atoms with Crippen molar-refractivity contribution in [3.8, 4) is 17.6 Å². The molecule has 282 valence electrons. The molecule has 3 aliphatic heterocycles. The number of amides is 2. The van der Waals surface area contributed by atoms with Gasteiger partial charge in [-0.05, 0) is 65.2 Å². The third-order valence-electron chi connectivity index (χ3n) is 11.0. The van der Waals surface area contributed by atoms with Crippen LogP contribution in [0.3, 0.4) is 0 Å². The zero-order valence-corrected chi connectivity index (χ0v) is 30.9. The first-order valence-electron chi connectivity index (χ1n) is 18.7. The van der Waals surface area contributed by atoms with Crippen LogP contribution >= 0.6 is 0 Å². The van der Waals surface area contributed by atoms with Crippen molar-refractivity contribution in [1.82, 2.24) is 9.80 Å². The Labute approximate surface area is 325 Å². The lowest BCUT2D eigenvalue weighted by atomic mass is 9.65. The summed E-state index contributed by atoms with van der Waals surface area (Å²) in [6, 6.07) is 39.3. The number of nitrogens with zero attached hydrogens (tertiary/aromatic N) is 2. The van der Waals surface area contributed by atoms with E-state index in [9.17, 15) is 14.7 Å². The number of carbonyl (C=O) groups excluding carboxylic acids is 3. The number of hydrogen-bond donors (Lipinski definition) is 3. The van der Waals surface area contributed by atoms with Crippen molar-refractivity contribution in [1.29, 1.82) is 0 Å². The smallest absolute Gasteiger partial charge is 0.324 e. The van der Waals surface area contributed by atoms with Gasteiger partial charge >= 0.3 is 5.97 Å². The van der Waals surface area contributed by atoms with Crippen molar-refractivity contribution in [3.05, 3.63) is 167 Å². The summed E-state index contributed by atoms with van der Waals surface area (Å²) in [6.45, 7) is 1.17. The minimum Gasteiger partial charge on any atom is -0.491 e. The van der Waals surface area contributed by atoms with Crippen molar-refractivity contribution in [2.75, 3.05) is 32.1 Å². The predicted molar refractivity (Wildman–Crippen MR) is 211 cm³/mol. The summed E-state index contributed by atoms with van der Waals surface area (Å²) in [7, 11) is 2.00. The minimum atomic E-state index is -1.67. The topological polar surface area (TPSA) is 134 Å². The maximum Gasteiger partial charge on any atom is 0.324 e. The minimum absolute atomic E-state index is 0.104. The Kier molecular flexibility index (Phi) is 10.1. The zero-order valence-electron chi connectivity index (χ0n) is 30.9. The quantitative estimate of drug-likeness (QED) is 0.130. The van der Waals surface area contributed by atoms with Crippen molar-refractivity contribution in [2.24, 2.45) is 11.7 Å². The van der Waals surface area contributed by atoms with Gasteiger partial charge in [-0.1, -0.05) is 115 Å². The van der Waals surface area contributed by atoms with Gasteiger partial charge in [-0.2, -0.15) is 0 Å². The van der Waals surface area contributed by atoms with Crippen LogP contribution in [0.4, 0.5) is 5.69 Å². The number of morpholine rings is 1. The third kappa shape index (κ3) is 6.50. The molecule has 1 spiro atoms. The standard InChI is InChI=1S/C46H42N4O6/c1-49(29-31-12-5-2-6-13-31)25-11-14-30-19-24-37-36(28-30)46(45(54)48-37)38(43(47)52)40-44(53)56-41(33-17-9-4-10-18-33)39(32-15-7-3-8-16-32)50(40)42(46)34-20-22-35(23-21-34)55-27-26-51/h2-10,12-13,15-24,28,38-42,51H,25-27,29H2,1H3,(H2,47,52)(H,48,54)/t38-,39-,40-,41+,42+,46-/m1/s1. The molecular weight excluding hydrogens is 705 g/mol. The highest BCUT2D eigenvalue weighted by molar-refractivity contribution is 6.12. The summed E-state index contributed by atoms with van der Waals surface area (Å²) in [6.07, 6.45) is -0.783. The van der Waals surface area contributed by atoms with Crippen LogP contribution in [0.1, 0.15) is 51.6 Å². The highest BCUT2D eigenvalue weighted by Gasteiger charge is 2.73.